The Morgan fingerprint density at radius 3 is 3.00 bits per heavy atom. The summed E-state index contributed by atoms with van der Waals surface area (Å²) in [6, 6.07) is 8.21. The van der Waals surface area contributed by atoms with Crippen molar-refractivity contribution in [3.05, 3.63) is 29.8 Å². The Labute approximate surface area is 108 Å². The number of aliphatic carboxylic acids is 1. The summed E-state index contributed by atoms with van der Waals surface area (Å²) in [4.78, 5) is 13.2. The molecule has 0 bridgehead atoms. The van der Waals surface area contributed by atoms with E-state index in [9.17, 15) is 4.79 Å². The van der Waals surface area contributed by atoms with Gasteiger partial charge in [0.2, 0.25) is 0 Å². The quantitative estimate of drug-likeness (QED) is 0.854. The third-order valence-corrected chi connectivity index (χ3v) is 3.41. The number of anilines is 1. The molecule has 1 fully saturated rings. The van der Waals surface area contributed by atoms with E-state index in [0.717, 1.165) is 31.7 Å². The minimum absolute atomic E-state index is 0.0334. The van der Waals surface area contributed by atoms with Gasteiger partial charge in [0.05, 0.1) is 12.5 Å². The zero-order chi connectivity index (χ0) is 13.0. The molecule has 4 heteroatoms. The zero-order valence-electron chi connectivity index (χ0n) is 10.7. The van der Waals surface area contributed by atoms with Gasteiger partial charge in [-0.2, -0.15) is 0 Å². The highest BCUT2D eigenvalue weighted by Gasteiger charge is 2.24. The van der Waals surface area contributed by atoms with Gasteiger partial charge in [-0.05, 0) is 31.5 Å². The van der Waals surface area contributed by atoms with Crippen molar-refractivity contribution in [3.63, 3.8) is 0 Å². The van der Waals surface area contributed by atoms with E-state index in [1.54, 1.807) is 0 Å². The molecule has 1 aliphatic heterocycles. The van der Waals surface area contributed by atoms with Gasteiger partial charge in [-0.1, -0.05) is 18.2 Å². The Kier molecular flexibility index (Phi) is 4.20. The first-order valence-electron chi connectivity index (χ1n) is 6.43. The van der Waals surface area contributed by atoms with Crippen LogP contribution in [0.25, 0.3) is 0 Å². The normalized spacial score (nSPS) is 20.5. The highest BCUT2D eigenvalue weighted by atomic mass is 16.4. The predicted octanol–water partition coefficient (Wildman–Crippen LogP) is 1.64. The number of nitrogens with zero attached hydrogens (tertiary/aromatic N) is 1. The van der Waals surface area contributed by atoms with E-state index in [0.29, 0.717) is 0 Å². The third-order valence-electron chi connectivity index (χ3n) is 3.41. The maximum Gasteiger partial charge on any atom is 0.305 e. The van der Waals surface area contributed by atoms with Crippen molar-refractivity contribution < 1.29 is 9.90 Å². The van der Waals surface area contributed by atoms with E-state index < -0.39 is 5.97 Å². The van der Waals surface area contributed by atoms with Gasteiger partial charge in [0, 0.05) is 18.8 Å². The van der Waals surface area contributed by atoms with Crippen LogP contribution in [0.4, 0.5) is 5.69 Å². The third kappa shape index (κ3) is 3.01. The summed E-state index contributed by atoms with van der Waals surface area (Å²) in [7, 11) is 0. The van der Waals surface area contributed by atoms with Crippen LogP contribution in [0.3, 0.4) is 0 Å². The monoisotopic (exact) mass is 248 g/mol. The lowest BCUT2D eigenvalue weighted by molar-refractivity contribution is -0.137. The molecule has 1 aromatic rings. The summed E-state index contributed by atoms with van der Waals surface area (Å²) in [5.74, 6) is -0.734. The van der Waals surface area contributed by atoms with Crippen LogP contribution in [0.1, 0.15) is 18.4 Å². The lowest BCUT2D eigenvalue weighted by Gasteiger charge is -2.32. The van der Waals surface area contributed by atoms with E-state index in [-0.39, 0.29) is 12.5 Å². The van der Waals surface area contributed by atoms with Gasteiger partial charge < -0.3 is 15.3 Å². The number of carboxylic acids is 1. The fraction of sp³-hybridized carbons (Fsp3) is 0.500. The number of para-hydroxylation sites is 1. The van der Waals surface area contributed by atoms with Gasteiger partial charge in [0.1, 0.15) is 0 Å². The van der Waals surface area contributed by atoms with Crippen molar-refractivity contribution in [2.45, 2.75) is 25.8 Å². The molecule has 98 valence electrons. The van der Waals surface area contributed by atoms with Crippen molar-refractivity contribution >= 4 is 11.7 Å². The van der Waals surface area contributed by atoms with Crippen molar-refractivity contribution in [1.29, 1.82) is 0 Å². The SMILES string of the molecule is Cc1ccccc1N1CCCNCC1CC(=O)O. The Bertz CT molecular complexity index is 420. The van der Waals surface area contributed by atoms with Gasteiger partial charge in [-0.3, -0.25) is 4.79 Å². The van der Waals surface area contributed by atoms with Gasteiger partial charge >= 0.3 is 5.97 Å². The Hall–Kier alpha value is -1.55. The molecule has 1 aliphatic rings. The standard InChI is InChI=1S/C14H20N2O2/c1-11-5-2-3-6-13(11)16-8-4-7-15-10-12(16)9-14(17)18/h2-3,5-6,12,15H,4,7-10H2,1H3,(H,17,18). The summed E-state index contributed by atoms with van der Waals surface area (Å²) < 4.78 is 0. The molecule has 0 amide bonds. The first-order valence-corrected chi connectivity index (χ1v) is 6.43. The highest BCUT2D eigenvalue weighted by molar-refractivity contribution is 5.69. The van der Waals surface area contributed by atoms with Crippen LogP contribution in [0.5, 0.6) is 0 Å². The number of benzene rings is 1. The summed E-state index contributed by atoms with van der Waals surface area (Å²) in [5.41, 5.74) is 2.36. The Morgan fingerprint density at radius 1 is 1.50 bits per heavy atom. The molecule has 4 nitrogen and oxygen atoms in total. The van der Waals surface area contributed by atoms with E-state index in [2.05, 4.69) is 29.3 Å². The minimum Gasteiger partial charge on any atom is -0.481 e. The molecule has 0 radical (unpaired) electrons. The van der Waals surface area contributed by atoms with Crippen LogP contribution < -0.4 is 10.2 Å². The Morgan fingerprint density at radius 2 is 2.28 bits per heavy atom. The molecule has 0 aromatic heterocycles. The van der Waals surface area contributed by atoms with Crippen LogP contribution in [0.15, 0.2) is 24.3 Å². The van der Waals surface area contributed by atoms with Crippen LogP contribution >= 0.6 is 0 Å². The number of carboxylic acid groups (broad SMARTS) is 1. The topological polar surface area (TPSA) is 52.6 Å². The molecule has 0 saturated carbocycles. The molecule has 2 N–H and O–H groups in total. The smallest absolute Gasteiger partial charge is 0.305 e. The second kappa shape index (κ2) is 5.87. The maximum atomic E-state index is 11.0. The lowest BCUT2D eigenvalue weighted by atomic mass is 10.1. The zero-order valence-corrected chi connectivity index (χ0v) is 10.7. The average molecular weight is 248 g/mol. The van der Waals surface area contributed by atoms with E-state index >= 15 is 0 Å². The second-order valence-corrected chi connectivity index (χ2v) is 4.79. The van der Waals surface area contributed by atoms with Crippen molar-refractivity contribution in [2.75, 3.05) is 24.5 Å². The van der Waals surface area contributed by atoms with Crippen LogP contribution in [-0.4, -0.2) is 36.8 Å². The fourth-order valence-electron chi connectivity index (χ4n) is 2.52. The van der Waals surface area contributed by atoms with Crippen molar-refractivity contribution in [1.82, 2.24) is 5.32 Å². The molecule has 0 aliphatic carbocycles. The van der Waals surface area contributed by atoms with E-state index in [4.69, 9.17) is 5.11 Å². The number of hydrogen-bond acceptors (Lipinski definition) is 3. The number of aryl methyl sites for hydroxylation is 1. The summed E-state index contributed by atoms with van der Waals surface area (Å²) >= 11 is 0. The van der Waals surface area contributed by atoms with Gasteiger partial charge in [0.15, 0.2) is 0 Å². The number of rotatable bonds is 3. The average Bonchev–Trinajstić information content (AvgIpc) is 2.55. The Balaban J connectivity index is 2.25. The molecule has 1 unspecified atom stereocenters. The van der Waals surface area contributed by atoms with Crippen LogP contribution in [-0.2, 0) is 4.79 Å². The molecule has 18 heavy (non-hydrogen) atoms. The molecule has 1 saturated heterocycles. The van der Waals surface area contributed by atoms with Gasteiger partial charge in [-0.25, -0.2) is 0 Å². The molecule has 2 rings (SSSR count). The summed E-state index contributed by atoms with van der Waals surface area (Å²) in [6.45, 7) is 4.68. The fourth-order valence-corrected chi connectivity index (χ4v) is 2.52. The highest BCUT2D eigenvalue weighted by Crippen LogP contribution is 2.24. The maximum absolute atomic E-state index is 11.0. The summed E-state index contributed by atoms with van der Waals surface area (Å²) in [5, 5.41) is 12.4. The van der Waals surface area contributed by atoms with Crippen LogP contribution in [0, 0.1) is 6.92 Å². The largest absolute Gasteiger partial charge is 0.481 e. The molecule has 1 aromatic carbocycles. The first kappa shape index (κ1) is 12.9. The lowest BCUT2D eigenvalue weighted by Crippen LogP contribution is -2.41. The van der Waals surface area contributed by atoms with Crippen molar-refractivity contribution in [3.8, 4) is 0 Å². The number of nitrogens with one attached hydrogen (secondary N) is 1. The molecular formula is C14H20N2O2. The van der Waals surface area contributed by atoms with Gasteiger partial charge in [-0.15, -0.1) is 0 Å². The molecule has 0 spiro atoms. The molecule has 1 heterocycles. The van der Waals surface area contributed by atoms with E-state index in [1.807, 2.05) is 12.1 Å². The first-order chi connectivity index (χ1) is 8.68. The summed E-state index contributed by atoms with van der Waals surface area (Å²) in [6.07, 6.45) is 1.23. The minimum atomic E-state index is -0.734. The number of hydrogen-bond donors (Lipinski definition) is 2. The predicted molar refractivity (Wildman–Crippen MR) is 72.1 cm³/mol. The molecular weight excluding hydrogens is 228 g/mol. The van der Waals surface area contributed by atoms with Gasteiger partial charge in [0.25, 0.3) is 0 Å². The number of carbonyl (C=O) groups is 1. The van der Waals surface area contributed by atoms with Crippen molar-refractivity contribution in [2.24, 2.45) is 0 Å². The second-order valence-electron chi connectivity index (χ2n) is 4.79. The molecule has 1 atom stereocenters. The van der Waals surface area contributed by atoms with E-state index in [1.165, 1.54) is 5.56 Å². The van der Waals surface area contributed by atoms with Crippen LogP contribution in [0.2, 0.25) is 0 Å².